The van der Waals surface area contributed by atoms with Gasteiger partial charge < -0.3 is 16.0 Å². The van der Waals surface area contributed by atoms with Crippen molar-refractivity contribution in [2.45, 2.75) is 33.2 Å². The van der Waals surface area contributed by atoms with Crippen LogP contribution in [-0.2, 0) is 4.79 Å². The standard InChI is InChI=1S/C15H23N3O2/c1-10(2)17-15(20)13-6-5-12(9-11(13)3)18-14(19)7-8-16-4/h5-6,9-10,16H,7-8H2,1-4H3,(H,17,20)(H,18,19). The quantitative estimate of drug-likeness (QED) is 0.741. The number of anilines is 1. The van der Waals surface area contributed by atoms with Crippen molar-refractivity contribution >= 4 is 17.5 Å². The highest BCUT2D eigenvalue weighted by Gasteiger charge is 2.11. The van der Waals surface area contributed by atoms with Gasteiger partial charge >= 0.3 is 0 Å². The lowest BCUT2D eigenvalue weighted by Crippen LogP contribution is -2.30. The molecule has 2 amide bonds. The molecule has 0 aromatic heterocycles. The third-order valence-electron chi connectivity index (χ3n) is 2.78. The molecule has 110 valence electrons. The van der Waals surface area contributed by atoms with Crippen LogP contribution in [-0.4, -0.2) is 31.4 Å². The maximum absolute atomic E-state index is 11.9. The third-order valence-corrected chi connectivity index (χ3v) is 2.78. The normalized spacial score (nSPS) is 10.4. The summed E-state index contributed by atoms with van der Waals surface area (Å²) in [5.41, 5.74) is 2.19. The molecule has 0 heterocycles. The fourth-order valence-corrected chi connectivity index (χ4v) is 1.80. The van der Waals surface area contributed by atoms with Crippen LogP contribution < -0.4 is 16.0 Å². The van der Waals surface area contributed by atoms with E-state index in [1.165, 1.54) is 0 Å². The molecule has 0 unspecified atom stereocenters. The molecule has 5 nitrogen and oxygen atoms in total. The third kappa shape index (κ3) is 5.01. The summed E-state index contributed by atoms with van der Waals surface area (Å²) in [5, 5.41) is 8.59. The minimum Gasteiger partial charge on any atom is -0.350 e. The van der Waals surface area contributed by atoms with Crippen molar-refractivity contribution in [3.8, 4) is 0 Å². The van der Waals surface area contributed by atoms with E-state index < -0.39 is 0 Å². The van der Waals surface area contributed by atoms with Gasteiger partial charge in [-0.25, -0.2) is 0 Å². The first-order chi connectivity index (χ1) is 9.43. The summed E-state index contributed by atoms with van der Waals surface area (Å²) in [4.78, 5) is 23.6. The predicted octanol–water partition coefficient (Wildman–Crippen LogP) is 1.68. The van der Waals surface area contributed by atoms with Gasteiger partial charge in [0.1, 0.15) is 0 Å². The van der Waals surface area contributed by atoms with Crippen LogP contribution in [0.25, 0.3) is 0 Å². The van der Waals surface area contributed by atoms with Gasteiger partial charge in [0.05, 0.1) is 0 Å². The number of benzene rings is 1. The van der Waals surface area contributed by atoms with Gasteiger partial charge in [-0.05, 0) is 51.6 Å². The zero-order chi connectivity index (χ0) is 15.1. The van der Waals surface area contributed by atoms with Crippen LogP contribution in [0.5, 0.6) is 0 Å². The van der Waals surface area contributed by atoms with Gasteiger partial charge in [0.25, 0.3) is 5.91 Å². The van der Waals surface area contributed by atoms with Crippen LogP contribution in [0, 0.1) is 6.92 Å². The summed E-state index contributed by atoms with van der Waals surface area (Å²) < 4.78 is 0. The van der Waals surface area contributed by atoms with E-state index in [4.69, 9.17) is 0 Å². The molecule has 5 heteroatoms. The first-order valence-corrected chi connectivity index (χ1v) is 6.80. The lowest BCUT2D eigenvalue weighted by atomic mass is 10.1. The molecule has 1 aromatic rings. The zero-order valence-corrected chi connectivity index (χ0v) is 12.5. The number of aryl methyl sites for hydroxylation is 1. The second-order valence-corrected chi connectivity index (χ2v) is 5.06. The highest BCUT2D eigenvalue weighted by atomic mass is 16.2. The number of amides is 2. The average molecular weight is 277 g/mol. The summed E-state index contributed by atoms with van der Waals surface area (Å²) in [7, 11) is 1.81. The van der Waals surface area contributed by atoms with E-state index in [1.807, 2.05) is 26.8 Å². The summed E-state index contributed by atoms with van der Waals surface area (Å²) in [6.45, 7) is 6.34. The van der Waals surface area contributed by atoms with Crippen molar-refractivity contribution in [2.75, 3.05) is 18.9 Å². The van der Waals surface area contributed by atoms with Gasteiger partial charge in [-0.3, -0.25) is 9.59 Å². The maximum Gasteiger partial charge on any atom is 0.251 e. The molecule has 0 spiro atoms. The molecule has 0 fully saturated rings. The van der Waals surface area contributed by atoms with E-state index in [1.54, 1.807) is 19.2 Å². The minimum atomic E-state index is -0.0921. The lowest BCUT2D eigenvalue weighted by Gasteiger charge is -2.12. The number of carbonyl (C=O) groups excluding carboxylic acids is 2. The molecule has 0 saturated heterocycles. The molecule has 0 radical (unpaired) electrons. The molecule has 0 atom stereocenters. The fourth-order valence-electron chi connectivity index (χ4n) is 1.80. The Balaban J connectivity index is 2.72. The number of rotatable bonds is 6. The van der Waals surface area contributed by atoms with Crippen molar-refractivity contribution in [2.24, 2.45) is 0 Å². The summed E-state index contributed by atoms with van der Waals surface area (Å²) in [5.74, 6) is -0.135. The van der Waals surface area contributed by atoms with Gasteiger partial charge in [-0.15, -0.1) is 0 Å². The number of carbonyl (C=O) groups is 2. The fraction of sp³-hybridized carbons (Fsp3) is 0.467. The Hall–Kier alpha value is -1.88. The van der Waals surface area contributed by atoms with Crippen LogP contribution in [0.4, 0.5) is 5.69 Å². The van der Waals surface area contributed by atoms with Gasteiger partial charge in [0.2, 0.25) is 5.91 Å². The number of nitrogens with one attached hydrogen (secondary N) is 3. The molecule has 0 aliphatic rings. The van der Waals surface area contributed by atoms with E-state index in [-0.39, 0.29) is 17.9 Å². The number of hydrogen-bond acceptors (Lipinski definition) is 3. The van der Waals surface area contributed by atoms with Gasteiger partial charge in [-0.2, -0.15) is 0 Å². The van der Waals surface area contributed by atoms with Crippen LogP contribution in [0.15, 0.2) is 18.2 Å². The van der Waals surface area contributed by atoms with E-state index in [2.05, 4.69) is 16.0 Å². The first-order valence-electron chi connectivity index (χ1n) is 6.80. The average Bonchev–Trinajstić information content (AvgIpc) is 2.35. The number of hydrogen-bond donors (Lipinski definition) is 3. The predicted molar refractivity (Wildman–Crippen MR) is 81.0 cm³/mol. The van der Waals surface area contributed by atoms with Crippen molar-refractivity contribution in [1.82, 2.24) is 10.6 Å². The molecule has 1 rings (SSSR count). The zero-order valence-electron chi connectivity index (χ0n) is 12.5. The molecule has 3 N–H and O–H groups in total. The van der Waals surface area contributed by atoms with Gasteiger partial charge in [0.15, 0.2) is 0 Å². The van der Waals surface area contributed by atoms with Crippen molar-refractivity contribution in [3.63, 3.8) is 0 Å². The Morgan fingerprint density at radius 1 is 1.25 bits per heavy atom. The summed E-state index contributed by atoms with van der Waals surface area (Å²) in [6, 6.07) is 5.40. The Morgan fingerprint density at radius 3 is 2.50 bits per heavy atom. The largest absolute Gasteiger partial charge is 0.350 e. The van der Waals surface area contributed by atoms with E-state index >= 15 is 0 Å². The Labute approximate surface area is 120 Å². The second kappa shape index (κ2) is 7.65. The van der Waals surface area contributed by atoms with Gasteiger partial charge in [-0.1, -0.05) is 0 Å². The molecule has 0 aliphatic carbocycles. The van der Waals surface area contributed by atoms with Crippen LogP contribution in [0.3, 0.4) is 0 Å². The van der Waals surface area contributed by atoms with Gasteiger partial charge in [0, 0.05) is 30.3 Å². The Morgan fingerprint density at radius 2 is 1.95 bits per heavy atom. The Kier molecular flexibility index (Phi) is 6.18. The smallest absolute Gasteiger partial charge is 0.251 e. The van der Waals surface area contributed by atoms with Crippen molar-refractivity contribution < 1.29 is 9.59 Å². The monoisotopic (exact) mass is 277 g/mol. The molecular formula is C15H23N3O2. The van der Waals surface area contributed by atoms with Crippen LogP contribution in [0.2, 0.25) is 0 Å². The summed E-state index contributed by atoms with van der Waals surface area (Å²) >= 11 is 0. The highest BCUT2D eigenvalue weighted by Crippen LogP contribution is 2.15. The first kappa shape index (κ1) is 16.2. The summed E-state index contributed by atoms with van der Waals surface area (Å²) in [6.07, 6.45) is 0.422. The minimum absolute atomic E-state index is 0.0434. The van der Waals surface area contributed by atoms with Crippen LogP contribution >= 0.6 is 0 Å². The topological polar surface area (TPSA) is 70.2 Å². The van der Waals surface area contributed by atoms with Crippen molar-refractivity contribution in [3.05, 3.63) is 29.3 Å². The Bertz CT molecular complexity index is 484. The molecular weight excluding hydrogens is 254 g/mol. The maximum atomic E-state index is 11.9. The highest BCUT2D eigenvalue weighted by molar-refractivity contribution is 5.97. The SMILES string of the molecule is CNCCC(=O)Nc1ccc(C(=O)NC(C)C)c(C)c1. The van der Waals surface area contributed by atoms with Crippen LogP contribution in [0.1, 0.15) is 36.2 Å². The molecule has 1 aromatic carbocycles. The molecule has 0 bridgehead atoms. The molecule has 0 aliphatic heterocycles. The van der Waals surface area contributed by atoms with Crippen molar-refractivity contribution in [1.29, 1.82) is 0 Å². The molecule has 0 saturated carbocycles. The lowest BCUT2D eigenvalue weighted by molar-refractivity contribution is -0.116. The van der Waals surface area contributed by atoms with E-state index in [9.17, 15) is 9.59 Å². The van der Waals surface area contributed by atoms with E-state index in [0.717, 1.165) is 5.56 Å². The second-order valence-electron chi connectivity index (χ2n) is 5.06. The van der Waals surface area contributed by atoms with E-state index in [0.29, 0.717) is 24.2 Å². The molecule has 20 heavy (non-hydrogen) atoms.